The largest absolute Gasteiger partial charge is 0.327 e. The number of carbonyl (C=O) groups is 3. The lowest BCUT2D eigenvalue weighted by Gasteiger charge is -2.46. The third kappa shape index (κ3) is 4.84. The van der Waals surface area contributed by atoms with Crippen molar-refractivity contribution in [1.82, 2.24) is 15.1 Å². The highest BCUT2D eigenvalue weighted by molar-refractivity contribution is 6.31. The number of hydrogen-bond acceptors (Lipinski definition) is 4. The number of piperidine rings is 1. The van der Waals surface area contributed by atoms with Crippen molar-refractivity contribution in [2.45, 2.75) is 31.5 Å². The van der Waals surface area contributed by atoms with Gasteiger partial charge >= 0.3 is 6.03 Å². The first kappa shape index (κ1) is 21.6. The quantitative estimate of drug-likeness (QED) is 0.714. The third-order valence-electron chi connectivity index (χ3n) is 5.51. The number of carbonyl (C=O) groups excluding carboxylic acids is 3. The fourth-order valence-electron chi connectivity index (χ4n) is 4.04. The van der Waals surface area contributed by atoms with Gasteiger partial charge in [-0.2, -0.15) is 0 Å². The van der Waals surface area contributed by atoms with Gasteiger partial charge in [-0.3, -0.25) is 14.5 Å². The minimum absolute atomic E-state index is 0.117. The minimum Gasteiger partial charge on any atom is -0.324 e. The van der Waals surface area contributed by atoms with Crippen molar-refractivity contribution in [3.8, 4) is 0 Å². The Morgan fingerprint density at radius 3 is 2.61 bits per heavy atom. The van der Waals surface area contributed by atoms with Crippen LogP contribution in [0.1, 0.15) is 18.4 Å². The Morgan fingerprint density at radius 2 is 1.87 bits per heavy atom. The summed E-state index contributed by atoms with van der Waals surface area (Å²) < 4.78 is 0. The van der Waals surface area contributed by atoms with Gasteiger partial charge in [0, 0.05) is 15.7 Å². The molecule has 0 spiro atoms. The van der Waals surface area contributed by atoms with E-state index in [1.165, 1.54) is 9.80 Å². The summed E-state index contributed by atoms with van der Waals surface area (Å²) in [7, 11) is 0. The van der Waals surface area contributed by atoms with Crippen molar-refractivity contribution in [2.24, 2.45) is 0 Å². The summed E-state index contributed by atoms with van der Waals surface area (Å²) in [6.45, 7) is 0.656. The molecule has 2 saturated heterocycles. The van der Waals surface area contributed by atoms with E-state index in [-0.39, 0.29) is 30.9 Å². The first-order chi connectivity index (χ1) is 14.9. The van der Waals surface area contributed by atoms with Gasteiger partial charge in [0.15, 0.2) is 0 Å². The number of nitrogens with one attached hydrogen (secondary N) is 2. The summed E-state index contributed by atoms with van der Waals surface area (Å²) in [5.41, 5.74) is 1.33. The molecule has 4 rings (SSSR count). The molecule has 0 saturated carbocycles. The molecule has 2 aromatic rings. The number of nitrogens with zero attached hydrogens (tertiary/aromatic N) is 2. The summed E-state index contributed by atoms with van der Waals surface area (Å²) in [5, 5.41) is 7.07. The van der Waals surface area contributed by atoms with E-state index in [0.717, 1.165) is 12.0 Å². The van der Waals surface area contributed by atoms with Crippen LogP contribution in [0.15, 0.2) is 48.5 Å². The first-order valence-electron chi connectivity index (χ1n) is 10.1. The molecule has 2 fully saturated rings. The lowest BCUT2D eigenvalue weighted by Crippen LogP contribution is -2.70. The van der Waals surface area contributed by atoms with E-state index >= 15 is 0 Å². The molecule has 2 atom stereocenters. The minimum atomic E-state index is -0.530. The van der Waals surface area contributed by atoms with Crippen LogP contribution >= 0.6 is 23.2 Å². The maximum atomic E-state index is 13.3. The third-order valence-corrected chi connectivity index (χ3v) is 6.00. The fourth-order valence-corrected chi connectivity index (χ4v) is 4.36. The number of hydrogen-bond donors (Lipinski definition) is 2. The molecule has 2 aromatic carbocycles. The normalized spacial score (nSPS) is 21.1. The topological polar surface area (TPSA) is 81.8 Å². The van der Waals surface area contributed by atoms with Gasteiger partial charge < -0.3 is 15.5 Å². The maximum absolute atomic E-state index is 13.3. The van der Waals surface area contributed by atoms with E-state index in [9.17, 15) is 14.4 Å². The van der Waals surface area contributed by atoms with Crippen molar-refractivity contribution in [2.75, 3.05) is 18.4 Å². The van der Waals surface area contributed by atoms with E-state index in [1.807, 2.05) is 0 Å². The highest BCUT2D eigenvalue weighted by Gasteiger charge is 2.47. The Hall–Kier alpha value is -2.61. The number of fused-ring (bicyclic) bond motifs is 1. The number of imide groups is 1. The molecule has 7 nitrogen and oxygen atoms in total. The summed E-state index contributed by atoms with van der Waals surface area (Å²) in [6, 6.07) is 12.4. The Morgan fingerprint density at radius 1 is 1.10 bits per heavy atom. The van der Waals surface area contributed by atoms with Gasteiger partial charge in [-0.25, -0.2) is 4.79 Å². The van der Waals surface area contributed by atoms with E-state index in [2.05, 4.69) is 10.6 Å². The standard InChI is InChI=1S/C22H22Cl2N4O3/c23-15-8-6-14(7-9-15)12-28-21(30)20-18(5-2-10-25-20)27(22(28)31)13-19(29)26-17-4-1-3-16(24)11-17/h1,3-4,6-9,11,18,20,25H,2,5,10,12-13H2,(H,26,29). The SMILES string of the molecule is O=C(CN1C(=O)N(Cc2ccc(Cl)cc2)C(=O)C2NCCCC21)Nc1cccc(Cl)c1. The van der Waals surface area contributed by atoms with E-state index in [4.69, 9.17) is 23.2 Å². The van der Waals surface area contributed by atoms with Gasteiger partial charge in [0.25, 0.3) is 0 Å². The van der Waals surface area contributed by atoms with Crippen LogP contribution in [0.25, 0.3) is 0 Å². The van der Waals surface area contributed by atoms with Gasteiger partial charge in [-0.15, -0.1) is 0 Å². The van der Waals surface area contributed by atoms with Gasteiger partial charge in [0.1, 0.15) is 12.6 Å². The van der Waals surface area contributed by atoms with E-state index in [1.54, 1.807) is 48.5 Å². The summed E-state index contributed by atoms with van der Waals surface area (Å²) in [4.78, 5) is 41.8. The average molecular weight is 461 g/mol. The second kappa shape index (κ2) is 9.26. The Labute approximate surface area is 190 Å². The van der Waals surface area contributed by atoms with Crippen LogP contribution in [-0.4, -0.2) is 52.8 Å². The van der Waals surface area contributed by atoms with E-state index < -0.39 is 12.1 Å². The van der Waals surface area contributed by atoms with Crippen LogP contribution in [0.4, 0.5) is 10.5 Å². The second-order valence-corrected chi connectivity index (χ2v) is 8.53. The van der Waals surface area contributed by atoms with Crippen LogP contribution in [0.5, 0.6) is 0 Å². The lowest BCUT2D eigenvalue weighted by molar-refractivity contribution is -0.138. The predicted octanol–water partition coefficient (Wildman–Crippen LogP) is 3.52. The predicted molar refractivity (Wildman–Crippen MR) is 119 cm³/mol. The summed E-state index contributed by atoms with van der Waals surface area (Å²) in [5.74, 6) is -0.614. The average Bonchev–Trinajstić information content (AvgIpc) is 2.75. The molecular formula is C22H22Cl2N4O3. The lowest BCUT2D eigenvalue weighted by atomic mass is 9.93. The first-order valence-corrected chi connectivity index (χ1v) is 10.8. The highest BCUT2D eigenvalue weighted by Crippen LogP contribution is 2.26. The Balaban J connectivity index is 1.54. The van der Waals surface area contributed by atoms with Crippen LogP contribution in [0.3, 0.4) is 0 Å². The van der Waals surface area contributed by atoms with Gasteiger partial charge in [-0.05, 0) is 55.3 Å². The zero-order chi connectivity index (χ0) is 22.0. The fraction of sp³-hybridized carbons (Fsp3) is 0.318. The van der Waals surface area contributed by atoms with Crippen LogP contribution in [0.2, 0.25) is 10.0 Å². The van der Waals surface area contributed by atoms with Crippen molar-refractivity contribution in [1.29, 1.82) is 0 Å². The molecule has 0 bridgehead atoms. The molecule has 31 heavy (non-hydrogen) atoms. The number of amides is 4. The molecule has 2 N–H and O–H groups in total. The second-order valence-electron chi connectivity index (χ2n) is 7.66. The molecule has 2 unspecified atom stereocenters. The van der Waals surface area contributed by atoms with Crippen molar-refractivity contribution < 1.29 is 14.4 Å². The zero-order valence-electron chi connectivity index (χ0n) is 16.7. The van der Waals surface area contributed by atoms with Gasteiger partial charge in [0.05, 0.1) is 12.6 Å². The number of urea groups is 1. The maximum Gasteiger partial charge on any atom is 0.327 e. The molecule has 162 valence electrons. The highest BCUT2D eigenvalue weighted by atomic mass is 35.5. The van der Waals surface area contributed by atoms with Crippen molar-refractivity contribution in [3.05, 3.63) is 64.1 Å². The monoisotopic (exact) mass is 460 g/mol. The number of benzene rings is 2. The Bertz CT molecular complexity index is 999. The Kier molecular flexibility index (Phi) is 6.46. The zero-order valence-corrected chi connectivity index (χ0v) is 18.2. The van der Waals surface area contributed by atoms with Crippen LogP contribution in [-0.2, 0) is 16.1 Å². The van der Waals surface area contributed by atoms with Crippen LogP contribution in [0, 0.1) is 0 Å². The van der Waals surface area contributed by atoms with Crippen LogP contribution < -0.4 is 10.6 Å². The van der Waals surface area contributed by atoms with E-state index in [0.29, 0.717) is 28.7 Å². The molecule has 0 aliphatic carbocycles. The summed E-state index contributed by atoms with van der Waals surface area (Å²) >= 11 is 11.9. The van der Waals surface area contributed by atoms with Gasteiger partial charge in [-0.1, -0.05) is 41.4 Å². The molecule has 2 aliphatic heterocycles. The number of halogens is 2. The number of rotatable bonds is 5. The molecular weight excluding hydrogens is 439 g/mol. The number of anilines is 1. The molecule has 4 amide bonds. The molecule has 0 aromatic heterocycles. The molecule has 9 heteroatoms. The molecule has 2 aliphatic rings. The summed E-state index contributed by atoms with van der Waals surface area (Å²) in [6.07, 6.45) is 1.49. The molecule has 2 heterocycles. The molecule has 0 radical (unpaired) electrons. The smallest absolute Gasteiger partial charge is 0.324 e. The van der Waals surface area contributed by atoms with Gasteiger partial charge in [0.2, 0.25) is 11.8 Å². The van der Waals surface area contributed by atoms with Crippen molar-refractivity contribution in [3.63, 3.8) is 0 Å². The van der Waals surface area contributed by atoms with Crippen molar-refractivity contribution >= 4 is 46.7 Å².